The molecule has 2 aliphatic rings. The van der Waals surface area contributed by atoms with Crippen LogP contribution in [0.15, 0.2) is 56.0 Å². The molecule has 1 N–H and O–H groups in total. The Labute approximate surface area is 213 Å². The van der Waals surface area contributed by atoms with Gasteiger partial charge in [-0.15, -0.1) is 10.2 Å². The van der Waals surface area contributed by atoms with Crippen molar-refractivity contribution in [3.63, 3.8) is 0 Å². The molecule has 0 amide bonds. The number of benzene rings is 1. The molecule has 0 spiro atoms. The molecule has 3 aromatic heterocycles. The summed E-state index contributed by atoms with van der Waals surface area (Å²) in [5.74, 6) is 1.82. The fraction of sp³-hybridized carbons (Fsp3) is 0.423. The van der Waals surface area contributed by atoms with Crippen molar-refractivity contribution >= 4 is 17.1 Å². The third-order valence-electron chi connectivity index (χ3n) is 7.38. The summed E-state index contributed by atoms with van der Waals surface area (Å²) in [6, 6.07) is 9.71. The first-order valence-corrected chi connectivity index (χ1v) is 12.6. The Bertz CT molecular complexity index is 1610. The highest BCUT2D eigenvalue weighted by atomic mass is 16.4. The van der Waals surface area contributed by atoms with Gasteiger partial charge in [0.05, 0.1) is 0 Å². The highest BCUT2D eigenvalue weighted by Gasteiger charge is 2.40. The molecular weight excluding hydrogens is 472 g/mol. The molecule has 5 heterocycles. The fourth-order valence-corrected chi connectivity index (χ4v) is 5.41. The minimum atomic E-state index is -0.475. The van der Waals surface area contributed by atoms with Gasteiger partial charge in [0.2, 0.25) is 17.7 Å². The second-order valence-electron chi connectivity index (χ2n) is 10.0. The highest BCUT2D eigenvalue weighted by Crippen LogP contribution is 2.32. The molecule has 2 unspecified atom stereocenters. The first kappa shape index (κ1) is 23.4. The van der Waals surface area contributed by atoms with E-state index in [0.717, 1.165) is 47.7 Å². The van der Waals surface area contributed by atoms with Crippen molar-refractivity contribution in [2.24, 2.45) is 13.0 Å². The lowest BCUT2D eigenvalue weighted by molar-refractivity contribution is 0.474. The summed E-state index contributed by atoms with van der Waals surface area (Å²) in [7, 11) is 1.65. The Morgan fingerprint density at radius 2 is 1.95 bits per heavy atom. The van der Waals surface area contributed by atoms with Gasteiger partial charge >= 0.3 is 5.69 Å². The van der Waals surface area contributed by atoms with Crippen LogP contribution in [0.5, 0.6) is 0 Å². The van der Waals surface area contributed by atoms with Crippen LogP contribution in [0.2, 0.25) is 0 Å². The van der Waals surface area contributed by atoms with Crippen molar-refractivity contribution < 1.29 is 4.42 Å². The topological polar surface area (TPSA) is 116 Å². The molecule has 2 fully saturated rings. The normalized spacial score (nSPS) is 19.1. The van der Waals surface area contributed by atoms with Gasteiger partial charge < -0.3 is 19.2 Å². The minimum Gasteiger partial charge on any atom is -0.419 e. The second-order valence-corrected chi connectivity index (χ2v) is 10.0. The number of anilines is 1. The van der Waals surface area contributed by atoms with E-state index in [4.69, 9.17) is 9.40 Å². The molecule has 2 atom stereocenters. The number of aromatic nitrogens is 6. The third kappa shape index (κ3) is 3.99. The number of hydrogen-bond donors (Lipinski definition) is 1. The van der Waals surface area contributed by atoms with Crippen LogP contribution in [0.4, 0.5) is 5.95 Å². The van der Waals surface area contributed by atoms with Gasteiger partial charge in [-0.3, -0.25) is 9.36 Å². The minimum absolute atomic E-state index is 0.122. The maximum Gasteiger partial charge on any atom is 0.332 e. The Morgan fingerprint density at radius 1 is 1.14 bits per heavy atom. The van der Waals surface area contributed by atoms with Crippen LogP contribution in [0, 0.1) is 5.92 Å². The van der Waals surface area contributed by atoms with E-state index in [2.05, 4.69) is 26.5 Å². The molecule has 0 radical (unpaired) electrons. The van der Waals surface area contributed by atoms with Gasteiger partial charge in [0.1, 0.15) is 6.54 Å². The molecular formula is C26H30N8O3. The number of aryl methyl sites for hydroxylation is 1. The van der Waals surface area contributed by atoms with Gasteiger partial charge in [-0.25, -0.2) is 9.36 Å². The molecule has 4 aromatic rings. The first-order valence-electron chi connectivity index (χ1n) is 12.6. The van der Waals surface area contributed by atoms with Gasteiger partial charge in [-0.2, -0.15) is 4.98 Å². The molecule has 2 aliphatic heterocycles. The van der Waals surface area contributed by atoms with Crippen molar-refractivity contribution in [2.45, 2.75) is 39.4 Å². The number of nitrogens with zero attached hydrogens (tertiary/aromatic N) is 7. The van der Waals surface area contributed by atoms with E-state index < -0.39 is 11.2 Å². The summed E-state index contributed by atoms with van der Waals surface area (Å²) in [5, 5.41) is 11.7. The van der Waals surface area contributed by atoms with Crippen molar-refractivity contribution in [2.75, 3.05) is 24.5 Å². The molecule has 6 rings (SSSR count). The molecule has 0 bridgehead atoms. The maximum absolute atomic E-state index is 13.9. The van der Waals surface area contributed by atoms with Gasteiger partial charge in [0, 0.05) is 44.8 Å². The van der Waals surface area contributed by atoms with E-state index in [1.165, 1.54) is 4.57 Å². The quantitative estimate of drug-likeness (QED) is 0.397. The van der Waals surface area contributed by atoms with E-state index in [9.17, 15) is 9.59 Å². The van der Waals surface area contributed by atoms with E-state index in [-0.39, 0.29) is 12.4 Å². The average molecular weight is 503 g/mol. The lowest BCUT2D eigenvalue weighted by Crippen LogP contribution is -2.40. The van der Waals surface area contributed by atoms with E-state index in [1.807, 2.05) is 48.7 Å². The lowest BCUT2D eigenvalue weighted by Gasteiger charge is -2.25. The monoisotopic (exact) mass is 502 g/mol. The summed E-state index contributed by atoms with van der Waals surface area (Å²) in [4.78, 5) is 34.3. The van der Waals surface area contributed by atoms with Crippen LogP contribution in [0.25, 0.3) is 22.6 Å². The summed E-state index contributed by atoms with van der Waals surface area (Å²) in [6.45, 7) is 7.18. The predicted molar refractivity (Wildman–Crippen MR) is 140 cm³/mol. The van der Waals surface area contributed by atoms with Crippen molar-refractivity contribution in [1.82, 2.24) is 34.2 Å². The maximum atomic E-state index is 13.9. The number of allylic oxidation sites excluding steroid dienone is 2. The van der Waals surface area contributed by atoms with Crippen LogP contribution >= 0.6 is 0 Å². The lowest BCUT2D eigenvalue weighted by atomic mass is 10.1. The van der Waals surface area contributed by atoms with Crippen molar-refractivity contribution in [3.8, 4) is 11.5 Å². The van der Waals surface area contributed by atoms with Crippen LogP contribution in [0.3, 0.4) is 0 Å². The van der Waals surface area contributed by atoms with Crippen LogP contribution in [0.1, 0.15) is 26.2 Å². The Kier molecular flexibility index (Phi) is 5.79. The van der Waals surface area contributed by atoms with Crippen molar-refractivity contribution in [1.29, 1.82) is 0 Å². The molecule has 0 saturated carbocycles. The zero-order chi connectivity index (χ0) is 25.7. The standard InChI is InChI=1S/C26H30N8O3/c1-16(2)9-11-33-21-22(28-25(33)32-12-10-18-13-27-14-19(18)32)31(3)26(36)34(24(21)35)15-20-29-30-23(37-20)17-7-5-4-6-8-17/h4-9,18-19,27H,10-15H2,1-3H3. The highest BCUT2D eigenvalue weighted by molar-refractivity contribution is 5.75. The van der Waals surface area contributed by atoms with Gasteiger partial charge in [-0.05, 0) is 38.3 Å². The molecule has 37 heavy (non-hydrogen) atoms. The smallest absolute Gasteiger partial charge is 0.332 e. The molecule has 0 aliphatic carbocycles. The summed E-state index contributed by atoms with van der Waals surface area (Å²) in [5.41, 5.74) is 1.79. The van der Waals surface area contributed by atoms with Crippen LogP contribution < -0.4 is 21.5 Å². The SMILES string of the molecule is CC(C)=CCn1c(N2CCC3CNCC32)nc2c1c(=O)n(Cc1nnc(-c3ccccc3)o1)c(=O)n2C. The number of hydrogen-bond acceptors (Lipinski definition) is 8. The molecule has 11 heteroatoms. The molecule has 1 aromatic carbocycles. The number of rotatable bonds is 6. The fourth-order valence-electron chi connectivity index (χ4n) is 5.41. The number of nitrogens with one attached hydrogen (secondary N) is 1. The summed E-state index contributed by atoms with van der Waals surface area (Å²) >= 11 is 0. The number of imidazole rings is 1. The third-order valence-corrected chi connectivity index (χ3v) is 7.38. The Hall–Kier alpha value is -3.99. The van der Waals surface area contributed by atoms with E-state index in [0.29, 0.717) is 35.6 Å². The van der Waals surface area contributed by atoms with Gasteiger partial charge in [0.15, 0.2) is 11.2 Å². The number of fused-ring (bicyclic) bond motifs is 2. The van der Waals surface area contributed by atoms with Gasteiger partial charge in [-0.1, -0.05) is 29.8 Å². The van der Waals surface area contributed by atoms with Crippen molar-refractivity contribution in [3.05, 3.63) is 68.7 Å². The zero-order valence-electron chi connectivity index (χ0n) is 21.2. The average Bonchev–Trinajstić information content (AvgIpc) is 3.68. The van der Waals surface area contributed by atoms with Crippen LogP contribution in [-0.2, 0) is 20.1 Å². The van der Waals surface area contributed by atoms with E-state index >= 15 is 0 Å². The molecule has 192 valence electrons. The largest absolute Gasteiger partial charge is 0.419 e. The Balaban J connectivity index is 1.47. The van der Waals surface area contributed by atoms with E-state index in [1.54, 1.807) is 7.05 Å². The van der Waals surface area contributed by atoms with Crippen LogP contribution in [-0.4, -0.2) is 54.6 Å². The zero-order valence-corrected chi connectivity index (χ0v) is 21.2. The Morgan fingerprint density at radius 3 is 2.73 bits per heavy atom. The summed E-state index contributed by atoms with van der Waals surface area (Å²) < 4.78 is 10.3. The first-order chi connectivity index (χ1) is 17.9. The molecule has 2 saturated heterocycles. The summed E-state index contributed by atoms with van der Waals surface area (Å²) in [6.07, 6.45) is 3.15. The molecule has 11 nitrogen and oxygen atoms in total. The predicted octanol–water partition coefficient (Wildman–Crippen LogP) is 1.76. The second kappa shape index (κ2) is 9.15. The van der Waals surface area contributed by atoms with Gasteiger partial charge in [0.25, 0.3) is 5.56 Å².